The van der Waals surface area contributed by atoms with Crippen molar-refractivity contribution in [1.29, 1.82) is 5.26 Å². The Morgan fingerprint density at radius 3 is 2.19 bits per heavy atom. The Kier molecular flexibility index (Phi) is 7.30. The molecule has 2 aliphatic rings. The fraction of sp³-hybridized carbons (Fsp3) is 0.609. The zero-order chi connectivity index (χ0) is 19.2. The second kappa shape index (κ2) is 9.69. The Balaban J connectivity index is 1.44. The van der Waals surface area contributed by atoms with Gasteiger partial charge in [-0.3, -0.25) is 0 Å². The number of hydrogen-bond acceptors (Lipinski definition) is 1. The predicted octanol–water partition coefficient (Wildman–Crippen LogP) is 7.13. The third-order valence-electron chi connectivity index (χ3n) is 6.82. The monoisotopic (exact) mass is 391 g/mol. The molecule has 0 bridgehead atoms. The SMILES string of the molecule is N#Cc1ccc(CCC2CCC(C3CCC(/C=C/Cl)CC3)CC2)c(F)c1F. The van der Waals surface area contributed by atoms with Gasteiger partial charge in [-0.05, 0) is 86.7 Å². The second-order valence-corrected chi connectivity index (χ2v) is 8.58. The van der Waals surface area contributed by atoms with E-state index in [1.54, 1.807) is 17.7 Å². The molecule has 3 rings (SSSR count). The second-order valence-electron chi connectivity index (χ2n) is 8.32. The standard InChI is InChI=1S/C23H28ClF2N/c24-14-13-17-3-8-19(9-4-17)18-6-1-16(2-7-18)5-10-20-11-12-21(15-27)23(26)22(20)25/h11-14,16-19H,1-10H2/b14-13+. The van der Waals surface area contributed by atoms with Crippen molar-refractivity contribution >= 4 is 11.6 Å². The molecule has 0 radical (unpaired) electrons. The third kappa shape index (κ3) is 5.11. The number of rotatable bonds is 5. The number of aryl methyl sites for hydroxylation is 1. The van der Waals surface area contributed by atoms with Gasteiger partial charge < -0.3 is 0 Å². The highest BCUT2D eigenvalue weighted by Gasteiger charge is 2.30. The fourth-order valence-corrected chi connectivity index (χ4v) is 5.29. The summed E-state index contributed by atoms with van der Waals surface area (Å²) in [5.74, 6) is 1.12. The average molecular weight is 392 g/mol. The zero-order valence-electron chi connectivity index (χ0n) is 15.8. The first-order valence-corrected chi connectivity index (χ1v) is 10.7. The number of nitrogens with zero attached hydrogens (tertiary/aromatic N) is 1. The molecule has 0 spiro atoms. The van der Waals surface area contributed by atoms with Gasteiger partial charge in [0, 0.05) is 5.54 Å². The molecule has 0 aromatic heterocycles. The molecule has 0 amide bonds. The molecule has 0 aliphatic heterocycles. The number of halogens is 3. The Bertz CT molecular complexity index is 693. The van der Waals surface area contributed by atoms with E-state index in [9.17, 15) is 8.78 Å². The molecule has 0 saturated heterocycles. The maximum atomic E-state index is 14.1. The maximum absolute atomic E-state index is 14.1. The van der Waals surface area contributed by atoms with E-state index in [0.717, 1.165) is 18.3 Å². The van der Waals surface area contributed by atoms with Gasteiger partial charge in [0.1, 0.15) is 6.07 Å². The molecular weight excluding hydrogens is 364 g/mol. The van der Waals surface area contributed by atoms with Crippen LogP contribution in [0.5, 0.6) is 0 Å². The van der Waals surface area contributed by atoms with Crippen LogP contribution in [0.25, 0.3) is 0 Å². The van der Waals surface area contributed by atoms with Gasteiger partial charge in [-0.25, -0.2) is 8.78 Å². The topological polar surface area (TPSA) is 23.8 Å². The van der Waals surface area contributed by atoms with Crippen molar-refractivity contribution in [2.45, 2.75) is 64.2 Å². The van der Waals surface area contributed by atoms with E-state index in [-0.39, 0.29) is 5.56 Å². The summed E-state index contributed by atoms with van der Waals surface area (Å²) in [5, 5.41) is 8.78. The van der Waals surface area contributed by atoms with E-state index in [4.69, 9.17) is 16.9 Å². The Morgan fingerprint density at radius 2 is 1.59 bits per heavy atom. The summed E-state index contributed by atoms with van der Waals surface area (Å²) < 4.78 is 27.8. The van der Waals surface area contributed by atoms with E-state index in [1.807, 2.05) is 0 Å². The lowest BCUT2D eigenvalue weighted by Gasteiger charge is -2.37. The fourth-order valence-electron chi connectivity index (χ4n) is 5.09. The first-order chi connectivity index (χ1) is 13.1. The van der Waals surface area contributed by atoms with Gasteiger partial charge in [0.15, 0.2) is 11.6 Å². The molecule has 1 aromatic carbocycles. The van der Waals surface area contributed by atoms with Gasteiger partial charge in [-0.2, -0.15) is 5.26 Å². The largest absolute Gasteiger partial charge is 0.203 e. The van der Waals surface area contributed by atoms with Crippen molar-refractivity contribution in [3.05, 3.63) is 46.5 Å². The van der Waals surface area contributed by atoms with Gasteiger partial charge >= 0.3 is 0 Å². The van der Waals surface area contributed by atoms with Crippen LogP contribution in [0.2, 0.25) is 0 Å². The highest BCUT2D eigenvalue weighted by molar-refractivity contribution is 6.25. The lowest BCUT2D eigenvalue weighted by atomic mass is 9.68. The van der Waals surface area contributed by atoms with Crippen LogP contribution >= 0.6 is 11.6 Å². The predicted molar refractivity (Wildman–Crippen MR) is 105 cm³/mol. The third-order valence-corrected chi connectivity index (χ3v) is 6.97. The normalized spacial score (nSPS) is 29.0. The zero-order valence-corrected chi connectivity index (χ0v) is 16.5. The molecule has 0 atom stereocenters. The molecule has 0 heterocycles. The number of benzene rings is 1. The van der Waals surface area contributed by atoms with E-state index in [0.29, 0.717) is 23.8 Å². The van der Waals surface area contributed by atoms with E-state index in [2.05, 4.69) is 6.08 Å². The van der Waals surface area contributed by atoms with Crippen molar-refractivity contribution in [2.75, 3.05) is 0 Å². The van der Waals surface area contributed by atoms with Crippen LogP contribution < -0.4 is 0 Å². The summed E-state index contributed by atoms with van der Waals surface area (Å²) >= 11 is 5.70. The number of hydrogen-bond donors (Lipinski definition) is 0. The molecule has 2 aliphatic carbocycles. The summed E-state index contributed by atoms with van der Waals surface area (Å²) in [6.07, 6.45) is 13.7. The summed E-state index contributed by atoms with van der Waals surface area (Å²) in [5.41, 5.74) is 1.85. The molecule has 1 aromatic rings. The minimum atomic E-state index is -1.00. The van der Waals surface area contributed by atoms with Crippen LogP contribution in [0, 0.1) is 46.6 Å². The quantitative estimate of drug-likeness (QED) is 0.523. The van der Waals surface area contributed by atoms with Crippen molar-refractivity contribution in [3.63, 3.8) is 0 Å². The van der Waals surface area contributed by atoms with Gasteiger partial charge in [0.2, 0.25) is 0 Å². The van der Waals surface area contributed by atoms with Crippen LogP contribution in [-0.2, 0) is 6.42 Å². The summed E-state index contributed by atoms with van der Waals surface area (Å²) in [4.78, 5) is 0. The molecule has 2 fully saturated rings. The lowest BCUT2D eigenvalue weighted by Crippen LogP contribution is -2.25. The maximum Gasteiger partial charge on any atom is 0.176 e. The minimum Gasteiger partial charge on any atom is -0.203 e. The van der Waals surface area contributed by atoms with Gasteiger partial charge in [0.25, 0.3) is 0 Å². The van der Waals surface area contributed by atoms with Gasteiger partial charge in [-0.15, -0.1) is 0 Å². The highest BCUT2D eigenvalue weighted by atomic mass is 35.5. The molecule has 2 saturated carbocycles. The van der Waals surface area contributed by atoms with Crippen LogP contribution in [0.15, 0.2) is 23.7 Å². The summed E-state index contributed by atoms with van der Waals surface area (Å²) in [7, 11) is 0. The van der Waals surface area contributed by atoms with E-state index < -0.39 is 11.6 Å². The van der Waals surface area contributed by atoms with Crippen molar-refractivity contribution in [1.82, 2.24) is 0 Å². The first-order valence-electron chi connectivity index (χ1n) is 10.3. The molecule has 4 heteroatoms. The number of nitriles is 1. The summed E-state index contributed by atoms with van der Waals surface area (Å²) in [6, 6.07) is 4.64. The van der Waals surface area contributed by atoms with Crippen LogP contribution in [0.4, 0.5) is 8.78 Å². The van der Waals surface area contributed by atoms with Gasteiger partial charge in [-0.1, -0.05) is 36.6 Å². The van der Waals surface area contributed by atoms with Gasteiger partial charge in [0.05, 0.1) is 5.56 Å². The first kappa shape index (κ1) is 20.3. The molecule has 146 valence electrons. The Hall–Kier alpha value is -1.40. The van der Waals surface area contributed by atoms with E-state index >= 15 is 0 Å². The molecular formula is C23H28ClF2N. The highest BCUT2D eigenvalue weighted by Crippen LogP contribution is 2.42. The summed E-state index contributed by atoms with van der Waals surface area (Å²) in [6.45, 7) is 0. The van der Waals surface area contributed by atoms with Crippen molar-refractivity contribution in [2.24, 2.45) is 23.7 Å². The molecule has 1 nitrogen and oxygen atoms in total. The molecule has 0 N–H and O–H groups in total. The number of allylic oxidation sites excluding steroid dienone is 1. The van der Waals surface area contributed by atoms with E-state index in [1.165, 1.54) is 57.4 Å². The smallest absolute Gasteiger partial charge is 0.176 e. The lowest BCUT2D eigenvalue weighted by molar-refractivity contribution is 0.152. The van der Waals surface area contributed by atoms with Crippen LogP contribution in [0.1, 0.15) is 68.9 Å². The van der Waals surface area contributed by atoms with Crippen molar-refractivity contribution in [3.8, 4) is 6.07 Å². The van der Waals surface area contributed by atoms with Crippen LogP contribution in [-0.4, -0.2) is 0 Å². The minimum absolute atomic E-state index is 0.215. The van der Waals surface area contributed by atoms with Crippen LogP contribution in [0.3, 0.4) is 0 Å². The average Bonchev–Trinajstić information content (AvgIpc) is 2.70. The Morgan fingerprint density at radius 1 is 0.963 bits per heavy atom. The Labute approximate surface area is 166 Å². The molecule has 27 heavy (non-hydrogen) atoms. The molecule has 0 unspecified atom stereocenters. The van der Waals surface area contributed by atoms with Crippen molar-refractivity contribution < 1.29 is 8.78 Å².